The van der Waals surface area contributed by atoms with Gasteiger partial charge in [0.15, 0.2) is 0 Å². The number of benzene rings is 2. The fourth-order valence-corrected chi connectivity index (χ4v) is 2.84. The van der Waals surface area contributed by atoms with Crippen molar-refractivity contribution in [2.24, 2.45) is 0 Å². The van der Waals surface area contributed by atoms with Gasteiger partial charge in [0, 0.05) is 30.9 Å². The number of nitrogens with zero attached hydrogens (tertiary/aromatic N) is 2. The number of carbonyl (C=O) groups is 1. The van der Waals surface area contributed by atoms with E-state index in [1.165, 1.54) is 5.69 Å². The zero-order valence-corrected chi connectivity index (χ0v) is 14.1. The number of anilines is 2. The molecule has 0 aliphatic carbocycles. The molecule has 0 unspecified atom stereocenters. The standard InChI is InChI=1S/C20H21N3O2/c21-15-17-2-1-3-18(14-17)22-20(24)9-6-16-4-7-19(8-5-16)23-10-12-25-13-11-23/h1-5,7-8,14H,6,9-13H2,(H,22,24). The molecule has 2 aromatic carbocycles. The van der Waals surface area contributed by atoms with Crippen LogP contribution in [0, 0.1) is 11.3 Å². The van der Waals surface area contributed by atoms with E-state index >= 15 is 0 Å². The summed E-state index contributed by atoms with van der Waals surface area (Å²) in [6, 6.07) is 17.4. The lowest BCUT2D eigenvalue weighted by Crippen LogP contribution is -2.36. The van der Waals surface area contributed by atoms with E-state index < -0.39 is 0 Å². The summed E-state index contributed by atoms with van der Waals surface area (Å²) in [6.07, 6.45) is 1.10. The van der Waals surface area contributed by atoms with Crippen LogP contribution in [0.25, 0.3) is 0 Å². The number of hydrogen-bond acceptors (Lipinski definition) is 4. The van der Waals surface area contributed by atoms with E-state index in [1.54, 1.807) is 24.3 Å². The van der Waals surface area contributed by atoms with Crippen molar-refractivity contribution >= 4 is 17.3 Å². The Morgan fingerprint density at radius 2 is 1.92 bits per heavy atom. The highest BCUT2D eigenvalue weighted by Gasteiger charge is 2.11. The van der Waals surface area contributed by atoms with Crippen LogP contribution in [0.3, 0.4) is 0 Å². The summed E-state index contributed by atoms with van der Waals surface area (Å²) >= 11 is 0. The van der Waals surface area contributed by atoms with E-state index in [1.807, 2.05) is 0 Å². The van der Waals surface area contributed by atoms with Crippen LogP contribution >= 0.6 is 0 Å². The maximum Gasteiger partial charge on any atom is 0.224 e. The number of nitriles is 1. The molecule has 1 aliphatic rings. The summed E-state index contributed by atoms with van der Waals surface area (Å²) in [5.74, 6) is -0.0488. The lowest BCUT2D eigenvalue weighted by Gasteiger charge is -2.28. The number of ether oxygens (including phenoxy) is 1. The average Bonchev–Trinajstić information content (AvgIpc) is 2.67. The largest absolute Gasteiger partial charge is 0.378 e. The molecule has 0 bridgehead atoms. The summed E-state index contributed by atoms with van der Waals surface area (Å²) in [5.41, 5.74) is 3.53. The molecule has 0 aromatic heterocycles. The topological polar surface area (TPSA) is 65.4 Å². The molecule has 0 radical (unpaired) electrons. The molecule has 2 aromatic rings. The van der Waals surface area contributed by atoms with E-state index in [0.29, 0.717) is 24.1 Å². The van der Waals surface area contributed by atoms with E-state index in [0.717, 1.165) is 31.9 Å². The van der Waals surface area contributed by atoms with Gasteiger partial charge < -0.3 is 15.0 Å². The number of nitrogens with one attached hydrogen (secondary N) is 1. The third-order valence-electron chi connectivity index (χ3n) is 4.23. The first-order valence-electron chi connectivity index (χ1n) is 8.46. The highest BCUT2D eigenvalue weighted by molar-refractivity contribution is 5.91. The second-order valence-electron chi connectivity index (χ2n) is 6.01. The maximum absolute atomic E-state index is 12.1. The number of morpholine rings is 1. The Morgan fingerprint density at radius 1 is 1.16 bits per heavy atom. The molecule has 25 heavy (non-hydrogen) atoms. The van der Waals surface area contributed by atoms with Crippen molar-refractivity contribution in [1.82, 2.24) is 0 Å². The first-order chi connectivity index (χ1) is 12.2. The Labute approximate surface area is 147 Å². The summed E-state index contributed by atoms with van der Waals surface area (Å²) in [4.78, 5) is 14.4. The first-order valence-corrected chi connectivity index (χ1v) is 8.46. The van der Waals surface area contributed by atoms with Gasteiger partial charge in [-0.05, 0) is 42.3 Å². The van der Waals surface area contributed by atoms with Gasteiger partial charge in [-0.1, -0.05) is 18.2 Å². The normalized spacial score (nSPS) is 14.0. The van der Waals surface area contributed by atoms with Crippen LogP contribution in [0.15, 0.2) is 48.5 Å². The molecule has 1 amide bonds. The molecule has 5 heteroatoms. The van der Waals surface area contributed by atoms with E-state index in [-0.39, 0.29) is 5.91 Å². The maximum atomic E-state index is 12.1. The molecule has 0 spiro atoms. The average molecular weight is 335 g/mol. The van der Waals surface area contributed by atoms with E-state index in [9.17, 15) is 4.79 Å². The second-order valence-corrected chi connectivity index (χ2v) is 6.01. The quantitative estimate of drug-likeness (QED) is 0.912. The Hall–Kier alpha value is -2.84. The van der Waals surface area contributed by atoms with Crippen LogP contribution < -0.4 is 10.2 Å². The molecular formula is C20H21N3O2. The predicted octanol–water partition coefficient (Wildman–Crippen LogP) is 2.97. The molecular weight excluding hydrogens is 314 g/mol. The van der Waals surface area contributed by atoms with Gasteiger partial charge in [-0.2, -0.15) is 5.26 Å². The number of amides is 1. The minimum Gasteiger partial charge on any atom is -0.378 e. The Morgan fingerprint density at radius 3 is 2.64 bits per heavy atom. The summed E-state index contributed by atoms with van der Waals surface area (Å²) in [7, 11) is 0. The zero-order valence-electron chi connectivity index (χ0n) is 14.1. The van der Waals surface area contributed by atoms with Crippen LogP contribution in [0.5, 0.6) is 0 Å². The van der Waals surface area contributed by atoms with Gasteiger partial charge in [-0.15, -0.1) is 0 Å². The zero-order chi connectivity index (χ0) is 17.5. The highest BCUT2D eigenvalue weighted by atomic mass is 16.5. The van der Waals surface area contributed by atoms with Gasteiger partial charge >= 0.3 is 0 Å². The fourth-order valence-electron chi connectivity index (χ4n) is 2.84. The molecule has 1 saturated heterocycles. The van der Waals surface area contributed by atoms with Crippen LogP contribution in [0.4, 0.5) is 11.4 Å². The molecule has 1 aliphatic heterocycles. The van der Waals surface area contributed by atoms with E-state index in [4.69, 9.17) is 10.00 Å². The molecule has 0 atom stereocenters. The molecule has 3 rings (SSSR count). The smallest absolute Gasteiger partial charge is 0.224 e. The van der Waals surface area contributed by atoms with Gasteiger partial charge in [-0.25, -0.2) is 0 Å². The molecule has 1 fully saturated rings. The minimum atomic E-state index is -0.0488. The monoisotopic (exact) mass is 335 g/mol. The lowest BCUT2D eigenvalue weighted by atomic mass is 10.1. The predicted molar refractivity (Wildman–Crippen MR) is 97.6 cm³/mol. The number of aryl methyl sites for hydroxylation is 1. The molecule has 1 N–H and O–H groups in total. The van der Waals surface area contributed by atoms with Crippen molar-refractivity contribution in [2.45, 2.75) is 12.8 Å². The SMILES string of the molecule is N#Cc1cccc(NC(=O)CCc2ccc(N3CCOCC3)cc2)c1. The molecule has 0 saturated carbocycles. The van der Waals surface area contributed by atoms with Crippen LogP contribution in [0.1, 0.15) is 17.5 Å². The fraction of sp³-hybridized carbons (Fsp3) is 0.300. The van der Waals surface area contributed by atoms with Crippen molar-refractivity contribution in [3.05, 3.63) is 59.7 Å². The number of rotatable bonds is 5. The van der Waals surface area contributed by atoms with Crippen molar-refractivity contribution < 1.29 is 9.53 Å². The molecule has 5 nitrogen and oxygen atoms in total. The Bertz CT molecular complexity index is 759. The van der Waals surface area contributed by atoms with Crippen molar-refractivity contribution in [2.75, 3.05) is 36.5 Å². The summed E-state index contributed by atoms with van der Waals surface area (Å²) < 4.78 is 5.37. The Kier molecular flexibility index (Phi) is 5.65. The number of hydrogen-bond donors (Lipinski definition) is 1. The van der Waals surface area contributed by atoms with Crippen molar-refractivity contribution in [3.8, 4) is 6.07 Å². The highest BCUT2D eigenvalue weighted by Crippen LogP contribution is 2.17. The third-order valence-corrected chi connectivity index (χ3v) is 4.23. The van der Waals surface area contributed by atoms with Crippen LogP contribution in [-0.2, 0) is 16.0 Å². The molecule has 128 valence electrons. The number of carbonyl (C=O) groups excluding carboxylic acids is 1. The van der Waals surface area contributed by atoms with Gasteiger partial charge in [0.05, 0.1) is 24.8 Å². The Balaban J connectivity index is 1.50. The third kappa shape index (κ3) is 4.82. The lowest BCUT2D eigenvalue weighted by molar-refractivity contribution is -0.116. The van der Waals surface area contributed by atoms with Crippen LogP contribution in [-0.4, -0.2) is 32.2 Å². The van der Waals surface area contributed by atoms with Crippen molar-refractivity contribution in [1.29, 1.82) is 5.26 Å². The minimum absolute atomic E-state index is 0.0488. The second kappa shape index (κ2) is 8.32. The van der Waals surface area contributed by atoms with Crippen LogP contribution in [0.2, 0.25) is 0 Å². The van der Waals surface area contributed by atoms with Gasteiger partial charge in [0.25, 0.3) is 0 Å². The molecule has 1 heterocycles. The van der Waals surface area contributed by atoms with Crippen molar-refractivity contribution in [3.63, 3.8) is 0 Å². The first kappa shape index (κ1) is 17.0. The van der Waals surface area contributed by atoms with Gasteiger partial charge in [0.1, 0.15) is 0 Å². The van der Waals surface area contributed by atoms with Gasteiger partial charge in [0.2, 0.25) is 5.91 Å². The van der Waals surface area contributed by atoms with E-state index in [2.05, 4.69) is 40.6 Å². The van der Waals surface area contributed by atoms with Gasteiger partial charge in [-0.3, -0.25) is 4.79 Å². The summed E-state index contributed by atoms with van der Waals surface area (Å²) in [6.45, 7) is 3.39. The summed E-state index contributed by atoms with van der Waals surface area (Å²) in [5, 5.41) is 11.7.